The summed E-state index contributed by atoms with van der Waals surface area (Å²) >= 11 is 0. The predicted octanol–water partition coefficient (Wildman–Crippen LogP) is 2.61. The maximum Gasteiger partial charge on any atom is 0.253 e. The van der Waals surface area contributed by atoms with Crippen molar-refractivity contribution < 1.29 is 9.53 Å². The Kier molecular flexibility index (Phi) is 7.60. The van der Waals surface area contributed by atoms with E-state index in [9.17, 15) is 4.79 Å². The number of nitrogens with two attached hydrogens (primary N) is 1. The van der Waals surface area contributed by atoms with Crippen LogP contribution in [0.1, 0.15) is 23.3 Å². The number of carbonyl (C=O) groups excluding carboxylic acids is 1. The van der Waals surface area contributed by atoms with Gasteiger partial charge in [0.25, 0.3) is 5.91 Å². The minimum Gasteiger partial charge on any atom is -0.367 e. The molecule has 0 saturated carbocycles. The molecule has 0 fully saturated rings. The first-order valence-corrected chi connectivity index (χ1v) is 6.88. The third kappa shape index (κ3) is 4.84. The van der Waals surface area contributed by atoms with E-state index in [1.165, 1.54) is 7.11 Å². The van der Waals surface area contributed by atoms with Crippen LogP contribution in [0.25, 0.3) is 0 Å². The van der Waals surface area contributed by atoms with Gasteiger partial charge in [-0.2, -0.15) is 0 Å². The van der Waals surface area contributed by atoms with E-state index in [2.05, 4.69) is 5.32 Å². The number of nitrogens with one attached hydrogen (secondary N) is 1. The highest BCUT2D eigenvalue weighted by molar-refractivity contribution is 5.85. The second-order valence-corrected chi connectivity index (χ2v) is 4.79. The molecule has 5 heteroatoms. The third-order valence-corrected chi connectivity index (χ3v) is 3.30. The quantitative estimate of drug-likeness (QED) is 0.860. The first-order chi connectivity index (χ1) is 10.2. The molecule has 2 aromatic carbocycles. The highest BCUT2D eigenvalue weighted by atomic mass is 35.5. The van der Waals surface area contributed by atoms with Gasteiger partial charge in [0.15, 0.2) is 6.10 Å². The van der Waals surface area contributed by atoms with Crippen LogP contribution >= 0.6 is 12.4 Å². The summed E-state index contributed by atoms with van der Waals surface area (Å²) in [7, 11) is 1.52. The summed E-state index contributed by atoms with van der Waals surface area (Å²) in [4.78, 5) is 12.2. The third-order valence-electron chi connectivity index (χ3n) is 3.30. The topological polar surface area (TPSA) is 64.3 Å². The smallest absolute Gasteiger partial charge is 0.253 e. The standard InChI is InChI=1S/C17H20N2O2.ClH/c1-21-16(14-10-6-3-7-11-14)17(20)19-12-15(18)13-8-4-2-5-9-13;/h2-11,15-16H,12,18H2,1H3,(H,19,20);1H. The van der Waals surface area contributed by atoms with Crippen LogP contribution in [-0.2, 0) is 9.53 Å². The molecule has 2 atom stereocenters. The predicted molar refractivity (Wildman–Crippen MR) is 89.8 cm³/mol. The van der Waals surface area contributed by atoms with Crippen LogP contribution in [0, 0.1) is 0 Å². The number of amides is 1. The Labute approximate surface area is 137 Å². The minimum atomic E-state index is -0.617. The first-order valence-electron chi connectivity index (χ1n) is 6.88. The van der Waals surface area contributed by atoms with Gasteiger partial charge < -0.3 is 15.8 Å². The van der Waals surface area contributed by atoms with E-state index in [4.69, 9.17) is 10.5 Å². The molecular formula is C17H21ClN2O2. The molecule has 1 amide bonds. The maximum absolute atomic E-state index is 12.2. The van der Waals surface area contributed by atoms with E-state index in [0.29, 0.717) is 6.54 Å². The molecular weight excluding hydrogens is 300 g/mol. The number of halogens is 1. The fourth-order valence-electron chi connectivity index (χ4n) is 2.14. The summed E-state index contributed by atoms with van der Waals surface area (Å²) in [6, 6.07) is 18.8. The minimum absolute atomic E-state index is 0. The second kappa shape index (κ2) is 9.20. The summed E-state index contributed by atoms with van der Waals surface area (Å²) < 4.78 is 5.28. The van der Waals surface area contributed by atoms with Gasteiger partial charge in [-0.05, 0) is 11.1 Å². The van der Waals surface area contributed by atoms with Gasteiger partial charge in [-0.1, -0.05) is 60.7 Å². The monoisotopic (exact) mass is 320 g/mol. The molecule has 0 spiro atoms. The average molecular weight is 321 g/mol. The van der Waals surface area contributed by atoms with Crippen molar-refractivity contribution in [3.8, 4) is 0 Å². The van der Waals surface area contributed by atoms with E-state index >= 15 is 0 Å². The van der Waals surface area contributed by atoms with Crippen molar-refractivity contribution in [3.05, 3.63) is 71.8 Å². The first kappa shape index (κ1) is 18.2. The van der Waals surface area contributed by atoms with Gasteiger partial charge in [-0.25, -0.2) is 0 Å². The van der Waals surface area contributed by atoms with Crippen molar-refractivity contribution in [1.29, 1.82) is 0 Å². The van der Waals surface area contributed by atoms with Crippen molar-refractivity contribution in [2.24, 2.45) is 5.73 Å². The summed E-state index contributed by atoms with van der Waals surface area (Å²) in [5, 5.41) is 2.84. The number of hydrogen-bond acceptors (Lipinski definition) is 3. The van der Waals surface area contributed by atoms with Gasteiger partial charge in [0.2, 0.25) is 0 Å². The van der Waals surface area contributed by atoms with Gasteiger partial charge in [0.1, 0.15) is 0 Å². The Hall–Kier alpha value is -1.88. The molecule has 2 unspecified atom stereocenters. The molecule has 2 aromatic rings. The lowest BCUT2D eigenvalue weighted by molar-refractivity contribution is -0.131. The van der Waals surface area contributed by atoms with Gasteiger partial charge in [0.05, 0.1) is 0 Å². The van der Waals surface area contributed by atoms with Crippen molar-refractivity contribution in [2.75, 3.05) is 13.7 Å². The number of hydrogen-bond donors (Lipinski definition) is 2. The Bertz CT molecular complexity index is 563. The molecule has 4 nitrogen and oxygen atoms in total. The van der Waals surface area contributed by atoms with Crippen LogP contribution in [0.15, 0.2) is 60.7 Å². The van der Waals surface area contributed by atoms with Gasteiger partial charge in [-0.15, -0.1) is 12.4 Å². The Morgan fingerprint density at radius 2 is 1.55 bits per heavy atom. The van der Waals surface area contributed by atoms with Crippen molar-refractivity contribution in [2.45, 2.75) is 12.1 Å². The van der Waals surface area contributed by atoms with Crippen molar-refractivity contribution >= 4 is 18.3 Å². The highest BCUT2D eigenvalue weighted by Crippen LogP contribution is 2.16. The van der Waals surface area contributed by atoms with E-state index in [1.807, 2.05) is 60.7 Å². The lowest BCUT2D eigenvalue weighted by Crippen LogP contribution is -2.35. The molecule has 0 aliphatic rings. The van der Waals surface area contributed by atoms with Crippen LogP contribution in [0.2, 0.25) is 0 Å². The van der Waals surface area contributed by atoms with Crippen molar-refractivity contribution in [3.63, 3.8) is 0 Å². The molecule has 0 aliphatic heterocycles. The molecule has 0 aromatic heterocycles. The molecule has 0 radical (unpaired) electrons. The fourth-order valence-corrected chi connectivity index (χ4v) is 2.14. The molecule has 2 rings (SSSR count). The Morgan fingerprint density at radius 3 is 2.05 bits per heavy atom. The van der Waals surface area contributed by atoms with Crippen molar-refractivity contribution in [1.82, 2.24) is 5.32 Å². The number of rotatable bonds is 6. The molecule has 3 N–H and O–H groups in total. The number of carbonyl (C=O) groups is 1. The van der Waals surface area contributed by atoms with E-state index in [0.717, 1.165) is 11.1 Å². The zero-order valence-corrected chi connectivity index (χ0v) is 13.3. The molecule has 0 saturated heterocycles. The SMILES string of the molecule is COC(C(=O)NCC(N)c1ccccc1)c1ccccc1.Cl. The Balaban J connectivity index is 0.00000242. The van der Waals surface area contributed by atoms with E-state index in [1.54, 1.807) is 0 Å². The van der Waals surface area contributed by atoms with Crippen LogP contribution < -0.4 is 11.1 Å². The van der Waals surface area contributed by atoms with Crippen LogP contribution in [0.4, 0.5) is 0 Å². The van der Waals surface area contributed by atoms with Crippen LogP contribution in [0.5, 0.6) is 0 Å². The molecule has 22 heavy (non-hydrogen) atoms. The van der Waals surface area contributed by atoms with Gasteiger partial charge >= 0.3 is 0 Å². The van der Waals surface area contributed by atoms with E-state index in [-0.39, 0.29) is 24.4 Å². The fraction of sp³-hybridized carbons (Fsp3) is 0.235. The molecule has 118 valence electrons. The normalized spacial score (nSPS) is 12.8. The van der Waals surface area contributed by atoms with Gasteiger partial charge in [-0.3, -0.25) is 4.79 Å². The maximum atomic E-state index is 12.2. The summed E-state index contributed by atoms with van der Waals surface area (Å²) in [5.74, 6) is -0.185. The zero-order valence-electron chi connectivity index (χ0n) is 12.4. The summed E-state index contributed by atoms with van der Waals surface area (Å²) in [5.41, 5.74) is 7.88. The van der Waals surface area contributed by atoms with Gasteiger partial charge in [0, 0.05) is 19.7 Å². The van der Waals surface area contributed by atoms with Crippen LogP contribution in [0.3, 0.4) is 0 Å². The molecule has 0 aliphatic carbocycles. The van der Waals surface area contributed by atoms with Crippen LogP contribution in [-0.4, -0.2) is 19.6 Å². The number of ether oxygens (including phenoxy) is 1. The largest absolute Gasteiger partial charge is 0.367 e. The lowest BCUT2D eigenvalue weighted by atomic mass is 10.1. The lowest BCUT2D eigenvalue weighted by Gasteiger charge is -2.18. The summed E-state index contributed by atoms with van der Waals surface area (Å²) in [6.45, 7) is 0.371. The number of benzene rings is 2. The summed E-state index contributed by atoms with van der Waals surface area (Å²) in [6.07, 6.45) is -0.617. The molecule has 0 heterocycles. The van der Waals surface area contributed by atoms with E-state index < -0.39 is 6.10 Å². The second-order valence-electron chi connectivity index (χ2n) is 4.79. The zero-order chi connectivity index (χ0) is 15.1. The average Bonchev–Trinajstić information content (AvgIpc) is 2.55. The number of methoxy groups -OCH3 is 1. The molecule has 0 bridgehead atoms. The highest BCUT2D eigenvalue weighted by Gasteiger charge is 2.20. The Morgan fingerprint density at radius 1 is 1.05 bits per heavy atom.